The van der Waals surface area contributed by atoms with Gasteiger partial charge in [-0.2, -0.15) is 0 Å². The standard InChI is InChI=1S/C15H13F2N3/c16-11-5-6-12-15(14(11)17)20-13(19-12)7-4-9-2-1-3-10(18)8-9/h1-3,5-6,8H,4,7,18H2,(H,19,20). The third-order valence-corrected chi connectivity index (χ3v) is 3.20. The van der Waals surface area contributed by atoms with Crippen LogP contribution in [0.4, 0.5) is 14.5 Å². The van der Waals surface area contributed by atoms with Gasteiger partial charge >= 0.3 is 0 Å². The van der Waals surface area contributed by atoms with E-state index >= 15 is 0 Å². The normalized spacial score (nSPS) is 11.1. The maximum Gasteiger partial charge on any atom is 0.186 e. The molecule has 0 saturated carbocycles. The van der Waals surface area contributed by atoms with Gasteiger partial charge in [0.1, 0.15) is 11.3 Å². The zero-order valence-corrected chi connectivity index (χ0v) is 10.7. The van der Waals surface area contributed by atoms with Crippen LogP contribution in [0.25, 0.3) is 11.0 Å². The molecule has 1 aromatic heterocycles. The van der Waals surface area contributed by atoms with Crippen LogP contribution in [0, 0.1) is 11.6 Å². The second-order valence-electron chi connectivity index (χ2n) is 4.69. The molecule has 0 amide bonds. The highest BCUT2D eigenvalue weighted by atomic mass is 19.2. The van der Waals surface area contributed by atoms with Gasteiger partial charge in [-0.05, 0) is 36.2 Å². The molecule has 5 heteroatoms. The second-order valence-corrected chi connectivity index (χ2v) is 4.69. The van der Waals surface area contributed by atoms with E-state index in [1.807, 2.05) is 24.3 Å². The number of aromatic nitrogens is 2. The Morgan fingerprint density at radius 3 is 2.75 bits per heavy atom. The molecule has 3 aromatic rings. The van der Waals surface area contributed by atoms with Crippen LogP contribution in [0.2, 0.25) is 0 Å². The van der Waals surface area contributed by atoms with Crippen molar-refractivity contribution in [3.63, 3.8) is 0 Å². The van der Waals surface area contributed by atoms with Gasteiger partial charge in [0.2, 0.25) is 0 Å². The summed E-state index contributed by atoms with van der Waals surface area (Å²) in [6, 6.07) is 10.2. The highest BCUT2D eigenvalue weighted by molar-refractivity contribution is 5.75. The number of hydrogen-bond acceptors (Lipinski definition) is 2. The Balaban J connectivity index is 1.83. The number of nitrogens with one attached hydrogen (secondary N) is 1. The molecule has 0 bridgehead atoms. The van der Waals surface area contributed by atoms with Crippen molar-refractivity contribution in [2.24, 2.45) is 0 Å². The monoisotopic (exact) mass is 273 g/mol. The second kappa shape index (κ2) is 4.92. The molecule has 0 atom stereocenters. The van der Waals surface area contributed by atoms with Crippen LogP contribution in [0.1, 0.15) is 11.4 Å². The molecular formula is C15H13F2N3. The number of rotatable bonds is 3. The van der Waals surface area contributed by atoms with Gasteiger partial charge in [-0.25, -0.2) is 13.8 Å². The molecule has 0 saturated heterocycles. The summed E-state index contributed by atoms with van der Waals surface area (Å²) in [5, 5.41) is 0. The molecule has 0 unspecified atom stereocenters. The maximum atomic E-state index is 13.6. The van der Waals surface area contributed by atoms with E-state index in [4.69, 9.17) is 5.73 Å². The van der Waals surface area contributed by atoms with Gasteiger partial charge in [-0.1, -0.05) is 12.1 Å². The van der Waals surface area contributed by atoms with Crippen molar-refractivity contribution in [3.8, 4) is 0 Å². The summed E-state index contributed by atoms with van der Waals surface area (Å²) in [7, 11) is 0. The molecule has 0 radical (unpaired) electrons. The van der Waals surface area contributed by atoms with Gasteiger partial charge in [0.25, 0.3) is 0 Å². The van der Waals surface area contributed by atoms with E-state index in [2.05, 4.69) is 9.97 Å². The van der Waals surface area contributed by atoms with Crippen LogP contribution in [0.5, 0.6) is 0 Å². The van der Waals surface area contributed by atoms with Crippen LogP contribution < -0.4 is 5.73 Å². The first-order chi connectivity index (χ1) is 9.63. The van der Waals surface area contributed by atoms with Crippen LogP contribution in [0.15, 0.2) is 36.4 Å². The molecule has 0 spiro atoms. The van der Waals surface area contributed by atoms with Gasteiger partial charge in [0, 0.05) is 12.1 Å². The zero-order chi connectivity index (χ0) is 14.1. The fourth-order valence-electron chi connectivity index (χ4n) is 2.20. The lowest BCUT2D eigenvalue weighted by molar-refractivity contribution is 0.515. The van der Waals surface area contributed by atoms with Crippen LogP contribution in [-0.4, -0.2) is 9.97 Å². The topological polar surface area (TPSA) is 54.7 Å². The average molecular weight is 273 g/mol. The molecule has 0 fully saturated rings. The van der Waals surface area contributed by atoms with Gasteiger partial charge in [0.05, 0.1) is 5.52 Å². The van der Waals surface area contributed by atoms with Gasteiger partial charge in [-0.15, -0.1) is 0 Å². The number of fused-ring (bicyclic) bond motifs is 1. The maximum absolute atomic E-state index is 13.6. The Kier molecular flexibility index (Phi) is 3.10. The van der Waals surface area contributed by atoms with Crippen molar-refractivity contribution in [3.05, 3.63) is 59.4 Å². The molecule has 2 aromatic carbocycles. The highest BCUT2D eigenvalue weighted by Gasteiger charge is 2.11. The zero-order valence-electron chi connectivity index (χ0n) is 10.7. The van der Waals surface area contributed by atoms with Gasteiger partial charge in [-0.3, -0.25) is 0 Å². The lowest BCUT2D eigenvalue weighted by Crippen LogP contribution is -1.94. The number of anilines is 1. The number of nitrogens with two attached hydrogens (primary N) is 1. The van der Waals surface area contributed by atoms with Crippen molar-refractivity contribution in [1.82, 2.24) is 9.97 Å². The first-order valence-electron chi connectivity index (χ1n) is 6.30. The van der Waals surface area contributed by atoms with Gasteiger partial charge in [0.15, 0.2) is 11.6 Å². The minimum Gasteiger partial charge on any atom is -0.399 e. The van der Waals surface area contributed by atoms with Crippen molar-refractivity contribution in [2.45, 2.75) is 12.8 Å². The first kappa shape index (κ1) is 12.6. The third-order valence-electron chi connectivity index (χ3n) is 3.20. The number of nitrogens with zero attached hydrogens (tertiary/aromatic N) is 1. The lowest BCUT2D eigenvalue weighted by atomic mass is 10.1. The Morgan fingerprint density at radius 2 is 1.95 bits per heavy atom. The Morgan fingerprint density at radius 1 is 1.10 bits per heavy atom. The number of hydrogen-bond donors (Lipinski definition) is 2. The minimum atomic E-state index is -0.908. The smallest absolute Gasteiger partial charge is 0.186 e. The summed E-state index contributed by atoms with van der Waals surface area (Å²) < 4.78 is 26.7. The van der Waals surface area contributed by atoms with E-state index in [1.165, 1.54) is 6.07 Å². The number of aryl methyl sites for hydroxylation is 2. The number of nitrogen functional groups attached to an aromatic ring is 1. The first-order valence-corrected chi connectivity index (χ1v) is 6.30. The van der Waals surface area contributed by atoms with Crippen LogP contribution in [-0.2, 0) is 12.8 Å². The molecule has 1 heterocycles. The molecule has 0 aliphatic carbocycles. The molecule has 102 valence electrons. The van der Waals surface area contributed by atoms with Crippen LogP contribution in [0.3, 0.4) is 0 Å². The Hall–Kier alpha value is -2.43. The molecule has 3 nitrogen and oxygen atoms in total. The van der Waals surface area contributed by atoms with Crippen molar-refractivity contribution < 1.29 is 8.78 Å². The van der Waals surface area contributed by atoms with E-state index in [1.54, 1.807) is 0 Å². The molecule has 3 N–H and O–H groups in total. The van der Waals surface area contributed by atoms with Crippen molar-refractivity contribution in [2.75, 3.05) is 5.73 Å². The summed E-state index contributed by atoms with van der Waals surface area (Å²) >= 11 is 0. The SMILES string of the molecule is Nc1cccc(CCc2nc3c(F)c(F)ccc3[nH]2)c1. The van der Waals surface area contributed by atoms with Crippen LogP contribution >= 0.6 is 0 Å². The Labute approximate surface area is 114 Å². The summed E-state index contributed by atoms with van der Waals surface area (Å²) in [6.45, 7) is 0. The highest BCUT2D eigenvalue weighted by Crippen LogP contribution is 2.19. The predicted molar refractivity (Wildman–Crippen MR) is 74.3 cm³/mol. The van der Waals surface area contributed by atoms with Gasteiger partial charge < -0.3 is 10.7 Å². The summed E-state index contributed by atoms with van der Waals surface area (Å²) in [5.74, 6) is -1.16. The average Bonchev–Trinajstić information content (AvgIpc) is 2.85. The quantitative estimate of drug-likeness (QED) is 0.720. The minimum absolute atomic E-state index is 0.0487. The third kappa shape index (κ3) is 2.34. The van der Waals surface area contributed by atoms with E-state index in [-0.39, 0.29) is 5.52 Å². The van der Waals surface area contributed by atoms with Crippen molar-refractivity contribution >= 4 is 16.7 Å². The fourth-order valence-corrected chi connectivity index (χ4v) is 2.20. The number of aromatic amines is 1. The number of benzene rings is 2. The largest absolute Gasteiger partial charge is 0.399 e. The van der Waals surface area contributed by atoms with E-state index in [0.29, 0.717) is 23.4 Å². The number of H-pyrrole nitrogens is 1. The van der Waals surface area contributed by atoms with E-state index < -0.39 is 11.6 Å². The predicted octanol–water partition coefficient (Wildman–Crippen LogP) is 3.21. The summed E-state index contributed by atoms with van der Waals surface area (Å²) in [6.07, 6.45) is 1.34. The number of halogens is 2. The number of imidazole rings is 1. The molecular weight excluding hydrogens is 260 g/mol. The molecule has 3 rings (SSSR count). The summed E-state index contributed by atoms with van der Waals surface area (Å²) in [4.78, 5) is 7.11. The summed E-state index contributed by atoms with van der Waals surface area (Å²) in [5.41, 5.74) is 8.05. The molecule has 0 aliphatic heterocycles. The fraction of sp³-hybridized carbons (Fsp3) is 0.133. The lowest BCUT2D eigenvalue weighted by Gasteiger charge is -2.00. The van der Waals surface area contributed by atoms with E-state index in [0.717, 1.165) is 18.1 Å². The van der Waals surface area contributed by atoms with E-state index in [9.17, 15) is 8.78 Å². The molecule has 0 aliphatic rings. The molecule has 20 heavy (non-hydrogen) atoms. The van der Waals surface area contributed by atoms with Crippen molar-refractivity contribution in [1.29, 1.82) is 0 Å². The Bertz CT molecular complexity index is 765.